The number of morpholine rings is 1. The van der Waals surface area contributed by atoms with E-state index in [1.807, 2.05) is 0 Å². The van der Waals surface area contributed by atoms with Gasteiger partial charge in [-0.15, -0.1) is 12.4 Å². The molecule has 0 unspecified atom stereocenters. The standard InChI is InChI=1S/C10H17N5O2.ClH/c11-8-7-13-15(10(16)9(8)12)2-1-14-3-5-17-6-4-14;/h7H,1-6,11-12H2;1H. The van der Waals surface area contributed by atoms with Gasteiger partial charge in [0.05, 0.1) is 31.6 Å². The molecule has 0 saturated carbocycles. The molecule has 18 heavy (non-hydrogen) atoms. The van der Waals surface area contributed by atoms with E-state index >= 15 is 0 Å². The van der Waals surface area contributed by atoms with E-state index in [2.05, 4.69) is 10.00 Å². The summed E-state index contributed by atoms with van der Waals surface area (Å²) >= 11 is 0. The zero-order chi connectivity index (χ0) is 12.3. The van der Waals surface area contributed by atoms with Crippen LogP contribution in [0.3, 0.4) is 0 Å². The summed E-state index contributed by atoms with van der Waals surface area (Å²) in [6.45, 7) is 4.54. The van der Waals surface area contributed by atoms with Crippen molar-refractivity contribution < 1.29 is 4.74 Å². The van der Waals surface area contributed by atoms with Crippen molar-refractivity contribution in [2.45, 2.75) is 6.54 Å². The second kappa shape index (κ2) is 6.58. The minimum atomic E-state index is -0.321. The molecule has 1 aromatic rings. The van der Waals surface area contributed by atoms with Crippen LogP contribution in [0.1, 0.15) is 0 Å². The van der Waals surface area contributed by atoms with Gasteiger partial charge in [0, 0.05) is 19.6 Å². The number of nitrogen functional groups attached to an aromatic ring is 2. The molecule has 2 rings (SSSR count). The fourth-order valence-electron chi connectivity index (χ4n) is 1.74. The summed E-state index contributed by atoms with van der Waals surface area (Å²) < 4.78 is 6.60. The van der Waals surface area contributed by atoms with Gasteiger partial charge in [0.1, 0.15) is 5.69 Å². The van der Waals surface area contributed by atoms with Crippen molar-refractivity contribution in [3.63, 3.8) is 0 Å². The molecule has 1 aliphatic heterocycles. The van der Waals surface area contributed by atoms with Gasteiger partial charge in [0.2, 0.25) is 0 Å². The van der Waals surface area contributed by atoms with Crippen LogP contribution in [0.15, 0.2) is 11.0 Å². The molecule has 0 aliphatic carbocycles. The van der Waals surface area contributed by atoms with Crippen molar-refractivity contribution in [2.75, 3.05) is 44.3 Å². The molecule has 1 aromatic heterocycles. The van der Waals surface area contributed by atoms with E-state index in [0.717, 1.165) is 32.8 Å². The number of nitrogens with two attached hydrogens (primary N) is 2. The third kappa shape index (κ3) is 3.34. The van der Waals surface area contributed by atoms with E-state index < -0.39 is 0 Å². The maximum absolute atomic E-state index is 11.7. The van der Waals surface area contributed by atoms with Gasteiger partial charge >= 0.3 is 0 Å². The topological polar surface area (TPSA) is 99.4 Å². The van der Waals surface area contributed by atoms with Crippen molar-refractivity contribution in [1.82, 2.24) is 14.7 Å². The fourth-order valence-corrected chi connectivity index (χ4v) is 1.74. The minimum absolute atomic E-state index is 0. The maximum atomic E-state index is 11.7. The predicted molar refractivity (Wildman–Crippen MR) is 71.8 cm³/mol. The Morgan fingerprint density at radius 1 is 1.28 bits per heavy atom. The predicted octanol–water partition coefficient (Wildman–Crippen LogP) is -0.838. The van der Waals surface area contributed by atoms with E-state index in [0.29, 0.717) is 6.54 Å². The summed E-state index contributed by atoms with van der Waals surface area (Å²) in [5, 5.41) is 3.96. The number of aromatic nitrogens is 2. The molecule has 0 bridgehead atoms. The average Bonchev–Trinajstić information content (AvgIpc) is 2.36. The SMILES string of the molecule is Cl.Nc1cnn(CCN2CCOCC2)c(=O)c1N. The summed E-state index contributed by atoms with van der Waals surface area (Å²) in [5.41, 5.74) is 11.0. The number of ether oxygens (including phenoxy) is 1. The summed E-state index contributed by atoms with van der Waals surface area (Å²) in [6.07, 6.45) is 1.41. The van der Waals surface area contributed by atoms with E-state index in [9.17, 15) is 4.79 Å². The highest BCUT2D eigenvalue weighted by Gasteiger charge is 2.11. The van der Waals surface area contributed by atoms with Gasteiger partial charge in [-0.25, -0.2) is 4.68 Å². The first-order valence-electron chi connectivity index (χ1n) is 5.59. The number of nitrogens with zero attached hydrogens (tertiary/aromatic N) is 3. The van der Waals surface area contributed by atoms with E-state index in [1.54, 1.807) is 0 Å². The van der Waals surface area contributed by atoms with Gasteiger partial charge in [-0.1, -0.05) is 0 Å². The minimum Gasteiger partial charge on any atom is -0.396 e. The zero-order valence-electron chi connectivity index (χ0n) is 10.0. The summed E-state index contributed by atoms with van der Waals surface area (Å²) in [6, 6.07) is 0. The Kier molecular flexibility index (Phi) is 5.39. The lowest BCUT2D eigenvalue weighted by Gasteiger charge is -2.26. The van der Waals surface area contributed by atoms with Gasteiger partial charge in [0.25, 0.3) is 5.56 Å². The van der Waals surface area contributed by atoms with Gasteiger partial charge in [-0.05, 0) is 0 Å². The molecule has 4 N–H and O–H groups in total. The molecule has 2 heterocycles. The molecule has 0 spiro atoms. The molecule has 0 radical (unpaired) electrons. The van der Waals surface area contributed by atoms with Crippen LogP contribution in [-0.4, -0.2) is 47.5 Å². The quantitative estimate of drug-likeness (QED) is 0.746. The first-order chi connectivity index (χ1) is 8.18. The van der Waals surface area contributed by atoms with Crippen LogP contribution in [0.2, 0.25) is 0 Å². The molecular weight excluding hydrogens is 258 g/mol. The van der Waals surface area contributed by atoms with Crippen molar-refractivity contribution in [1.29, 1.82) is 0 Å². The monoisotopic (exact) mass is 275 g/mol. The Morgan fingerprint density at radius 2 is 1.94 bits per heavy atom. The van der Waals surface area contributed by atoms with Gasteiger partial charge in [-0.2, -0.15) is 5.10 Å². The normalized spacial score (nSPS) is 16.2. The third-order valence-corrected chi connectivity index (χ3v) is 2.84. The number of rotatable bonds is 3. The highest BCUT2D eigenvalue weighted by atomic mass is 35.5. The van der Waals surface area contributed by atoms with E-state index in [1.165, 1.54) is 10.9 Å². The molecule has 1 saturated heterocycles. The Hall–Kier alpha value is -1.31. The highest BCUT2D eigenvalue weighted by Crippen LogP contribution is 2.04. The summed E-state index contributed by atoms with van der Waals surface area (Å²) in [7, 11) is 0. The fraction of sp³-hybridized carbons (Fsp3) is 0.600. The summed E-state index contributed by atoms with van der Waals surface area (Å²) in [4.78, 5) is 13.9. The first kappa shape index (κ1) is 14.7. The van der Waals surface area contributed by atoms with Crippen LogP contribution in [-0.2, 0) is 11.3 Å². The largest absolute Gasteiger partial charge is 0.396 e. The Morgan fingerprint density at radius 3 is 2.61 bits per heavy atom. The second-order valence-electron chi connectivity index (χ2n) is 4.00. The lowest BCUT2D eigenvalue weighted by atomic mass is 10.4. The third-order valence-electron chi connectivity index (χ3n) is 2.84. The Balaban J connectivity index is 0.00000162. The highest BCUT2D eigenvalue weighted by molar-refractivity contribution is 5.85. The summed E-state index contributed by atoms with van der Waals surface area (Å²) in [5.74, 6) is 0. The first-order valence-corrected chi connectivity index (χ1v) is 5.59. The molecule has 8 heteroatoms. The Bertz CT molecular complexity index is 444. The molecule has 0 atom stereocenters. The zero-order valence-corrected chi connectivity index (χ0v) is 10.9. The van der Waals surface area contributed by atoms with Crippen LogP contribution in [0.25, 0.3) is 0 Å². The molecule has 102 valence electrons. The van der Waals surface area contributed by atoms with Crippen molar-refractivity contribution >= 4 is 23.8 Å². The van der Waals surface area contributed by atoms with Crippen LogP contribution < -0.4 is 17.0 Å². The van der Waals surface area contributed by atoms with Gasteiger partial charge < -0.3 is 16.2 Å². The molecule has 1 fully saturated rings. The molecule has 7 nitrogen and oxygen atoms in total. The lowest BCUT2D eigenvalue weighted by molar-refractivity contribution is 0.0358. The second-order valence-corrected chi connectivity index (χ2v) is 4.00. The molecule has 0 aromatic carbocycles. The van der Waals surface area contributed by atoms with Crippen LogP contribution >= 0.6 is 12.4 Å². The molecule has 0 amide bonds. The van der Waals surface area contributed by atoms with Crippen molar-refractivity contribution in [3.05, 3.63) is 16.6 Å². The van der Waals surface area contributed by atoms with Crippen LogP contribution in [0, 0.1) is 0 Å². The maximum Gasteiger partial charge on any atom is 0.292 e. The van der Waals surface area contributed by atoms with Gasteiger partial charge in [-0.3, -0.25) is 9.69 Å². The molecular formula is C10H18ClN5O2. The van der Waals surface area contributed by atoms with Gasteiger partial charge in [0.15, 0.2) is 0 Å². The Labute approximate surface area is 111 Å². The number of halogens is 1. The average molecular weight is 276 g/mol. The number of anilines is 2. The number of hydrogen-bond donors (Lipinski definition) is 2. The van der Waals surface area contributed by atoms with Crippen LogP contribution in [0.4, 0.5) is 11.4 Å². The van der Waals surface area contributed by atoms with E-state index in [-0.39, 0.29) is 29.3 Å². The number of hydrogen-bond acceptors (Lipinski definition) is 6. The van der Waals surface area contributed by atoms with Crippen LogP contribution in [0.5, 0.6) is 0 Å². The lowest BCUT2D eigenvalue weighted by Crippen LogP contribution is -2.40. The van der Waals surface area contributed by atoms with Crippen molar-refractivity contribution in [3.8, 4) is 0 Å². The van der Waals surface area contributed by atoms with Crippen molar-refractivity contribution in [2.24, 2.45) is 0 Å². The molecule has 1 aliphatic rings. The smallest absolute Gasteiger partial charge is 0.292 e. The van der Waals surface area contributed by atoms with E-state index in [4.69, 9.17) is 16.2 Å².